The summed E-state index contributed by atoms with van der Waals surface area (Å²) in [6.07, 6.45) is 5.22. The van der Waals surface area contributed by atoms with Gasteiger partial charge >= 0.3 is 0 Å². The van der Waals surface area contributed by atoms with Gasteiger partial charge in [-0.05, 0) is 51.1 Å². The summed E-state index contributed by atoms with van der Waals surface area (Å²) < 4.78 is 1.85. The number of amides is 1. The highest BCUT2D eigenvalue weighted by Crippen LogP contribution is 2.30. The number of carbonyl (C=O) groups is 1. The van der Waals surface area contributed by atoms with Crippen LogP contribution in [0, 0.1) is 6.92 Å². The number of aryl methyl sites for hydroxylation is 1. The molecule has 1 saturated heterocycles. The molecule has 0 aliphatic carbocycles. The van der Waals surface area contributed by atoms with Crippen LogP contribution in [0.3, 0.4) is 0 Å². The Balaban J connectivity index is 1.83. The van der Waals surface area contributed by atoms with Gasteiger partial charge in [0.1, 0.15) is 5.54 Å². The number of piperidine rings is 1. The SMILES string of the molecule is Cc1ccc(CN(C)C(=O)C2(n3cccn3)CCNCC2)s1. The molecule has 3 rings (SSSR count). The van der Waals surface area contributed by atoms with Crippen molar-refractivity contribution in [3.63, 3.8) is 0 Å². The van der Waals surface area contributed by atoms with Gasteiger partial charge in [-0.25, -0.2) is 0 Å². The molecular weight excluding hydrogens is 296 g/mol. The molecule has 22 heavy (non-hydrogen) atoms. The Kier molecular flexibility index (Phi) is 4.31. The number of thiophene rings is 1. The van der Waals surface area contributed by atoms with Crippen LogP contribution in [-0.2, 0) is 16.9 Å². The van der Waals surface area contributed by atoms with E-state index in [4.69, 9.17) is 0 Å². The number of hydrogen-bond acceptors (Lipinski definition) is 4. The van der Waals surface area contributed by atoms with Gasteiger partial charge in [-0.2, -0.15) is 5.10 Å². The second-order valence-electron chi connectivity index (χ2n) is 5.91. The molecule has 1 fully saturated rings. The standard InChI is InChI=1S/C16H22N4OS/c1-13-4-5-14(22-13)12-19(2)15(21)16(6-9-17-10-7-16)20-11-3-8-18-20/h3-5,8,11,17H,6-7,9-10,12H2,1-2H3. The van der Waals surface area contributed by atoms with Crippen molar-refractivity contribution in [1.82, 2.24) is 20.0 Å². The van der Waals surface area contributed by atoms with Crippen LogP contribution >= 0.6 is 11.3 Å². The van der Waals surface area contributed by atoms with E-state index < -0.39 is 5.54 Å². The zero-order valence-electron chi connectivity index (χ0n) is 13.1. The van der Waals surface area contributed by atoms with Crippen molar-refractivity contribution < 1.29 is 4.79 Å². The molecule has 1 N–H and O–H groups in total. The first kappa shape index (κ1) is 15.2. The smallest absolute Gasteiger partial charge is 0.250 e. The number of nitrogens with zero attached hydrogens (tertiary/aromatic N) is 3. The van der Waals surface area contributed by atoms with Gasteiger partial charge in [-0.1, -0.05) is 0 Å². The third-order valence-corrected chi connectivity index (χ3v) is 5.29. The molecule has 5 nitrogen and oxygen atoms in total. The summed E-state index contributed by atoms with van der Waals surface area (Å²) in [6, 6.07) is 6.10. The van der Waals surface area contributed by atoms with Gasteiger partial charge in [0.05, 0.1) is 6.54 Å². The Bertz CT molecular complexity index is 628. The number of aromatic nitrogens is 2. The third kappa shape index (κ3) is 2.80. The normalized spacial score (nSPS) is 17.4. The molecule has 3 heterocycles. The lowest BCUT2D eigenvalue weighted by Gasteiger charge is -2.39. The fraction of sp³-hybridized carbons (Fsp3) is 0.500. The molecule has 2 aromatic rings. The van der Waals surface area contributed by atoms with Crippen LogP contribution in [0.25, 0.3) is 0 Å². The third-order valence-electron chi connectivity index (χ3n) is 4.31. The van der Waals surface area contributed by atoms with E-state index in [9.17, 15) is 4.79 Å². The van der Waals surface area contributed by atoms with Crippen LogP contribution in [0.1, 0.15) is 22.6 Å². The lowest BCUT2D eigenvalue weighted by molar-refractivity contribution is -0.142. The Morgan fingerprint density at radius 3 is 2.82 bits per heavy atom. The van der Waals surface area contributed by atoms with E-state index in [1.54, 1.807) is 17.5 Å². The minimum Gasteiger partial charge on any atom is -0.339 e. The minimum atomic E-state index is -0.546. The summed E-state index contributed by atoms with van der Waals surface area (Å²) in [4.78, 5) is 17.5. The number of nitrogens with one attached hydrogen (secondary N) is 1. The van der Waals surface area contributed by atoms with Crippen LogP contribution in [0.2, 0.25) is 0 Å². The van der Waals surface area contributed by atoms with Crippen LogP contribution in [0.15, 0.2) is 30.6 Å². The van der Waals surface area contributed by atoms with E-state index in [-0.39, 0.29) is 5.91 Å². The van der Waals surface area contributed by atoms with Gasteiger partial charge in [0, 0.05) is 29.2 Å². The fourth-order valence-corrected chi connectivity index (χ4v) is 4.08. The first-order valence-electron chi connectivity index (χ1n) is 7.63. The summed E-state index contributed by atoms with van der Waals surface area (Å²) in [6.45, 7) is 4.44. The average Bonchev–Trinajstić information content (AvgIpc) is 3.19. The summed E-state index contributed by atoms with van der Waals surface area (Å²) in [5, 5.41) is 7.71. The summed E-state index contributed by atoms with van der Waals surface area (Å²) >= 11 is 1.75. The van der Waals surface area contributed by atoms with E-state index in [0.717, 1.165) is 25.9 Å². The summed E-state index contributed by atoms with van der Waals surface area (Å²) in [5.74, 6) is 0.156. The molecule has 1 amide bonds. The van der Waals surface area contributed by atoms with Crippen LogP contribution in [0.5, 0.6) is 0 Å². The van der Waals surface area contributed by atoms with E-state index in [0.29, 0.717) is 6.54 Å². The molecule has 1 aliphatic heterocycles. The Labute approximate surface area is 134 Å². The Morgan fingerprint density at radius 2 is 2.23 bits per heavy atom. The van der Waals surface area contributed by atoms with Crippen LogP contribution in [-0.4, -0.2) is 40.7 Å². The van der Waals surface area contributed by atoms with Crippen molar-refractivity contribution in [1.29, 1.82) is 0 Å². The van der Waals surface area contributed by atoms with E-state index >= 15 is 0 Å². The molecule has 2 aromatic heterocycles. The molecule has 0 spiro atoms. The zero-order chi connectivity index (χ0) is 15.6. The molecule has 1 aliphatic rings. The number of likely N-dealkylation sites (N-methyl/N-ethyl adjacent to an activating group) is 1. The lowest BCUT2D eigenvalue weighted by Crippen LogP contribution is -2.54. The predicted molar refractivity (Wildman–Crippen MR) is 87.8 cm³/mol. The second-order valence-corrected chi connectivity index (χ2v) is 7.28. The molecule has 0 aromatic carbocycles. The first-order valence-corrected chi connectivity index (χ1v) is 8.45. The Hall–Kier alpha value is -1.66. The minimum absolute atomic E-state index is 0.156. The van der Waals surface area contributed by atoms with E-state index in [2.05, 4.69) is 29.5 Å². The summed E-state index contributed by atoms with van der Waals surface area (Å²) in [7, 11) is 1.89. The van der Waals surface area contributed by atoms with Gasteiger partial charge in [0.25, 0.3) is 5.91 Å². The van der Waals surface area contributed by atoms with Gasteiger partial charge in [0.2, 0.25) is 0 Å². The molecule has 0 bridgehead atoms. The number of carbonyl (C=O) groups excluding carboxylic acids is 1. The highest BCUT2D eigenvalue weighted by atomic mass is 32.1. The van der Waals surface area contributed by atoms with Crippen molar-refractivity contribution in [3.8, 4) is 0 Å². The monoisotopic (exact) mass is 318 g/mol. The molecule has 6 heteroatoms. The lowest BCUT2D eigenvalue weighted by atomic mass is 9.87. The first-order chi connectivity index (χ1) is 10.6. The average molecular weight is 318 g/mol. The fourth-order valence-electron chi connectivity index (χ4n) is 3.13. The molecule has 0 saturated carbocycles. The second kappa shape index (κ2) is 6.22. The van der Waals surface area contributed by atoms with Crippen LogP contribution in [0.4, 0.5) is 0 Å². The van der Waals surface area contributed by atoms with Gasteiger partial charge in [-0.15, -0.1) is 11.3 Å². The maximum absolute atomic E-state index is 13.2. The number of hydrogen-bond donors (Lipinski definition) is 1. The maximum atomic E-state index is 13.2. The highest BCUT2D eigenvalue weighted by molar-refractivity contribution is 7.11. The molecule has 0 unspecified atom stereocenters. The van der Waals surface area contributed by atoms with Crippen LogP contribution < -0.4 is 5.32 Å². The van der Waals surface area contributed by atoms with Crippen molar-refractivity contribution in [2.45, 2.75) is 31.8 Å². The van der Waals surface area contributed by atoms with Gasteiger partial charge < -0.3 is 10.2 Å². The van der Waals surface area contributed by atoms with Gasteiger partial charge in [-0.3, -0.25) is 9.48 Å². The topological polar surface area (TPSA) is 50.2 Å². The quantitative estimate of drug-likeness (QED) is 0.938. The predicted octanol–water partition coefficient (Wildman–Crippen LogP) is 1.99. The maximum Gasteiger partial charge on any atom is 0.250 e. The van der Waals surface area contributed by atoms with Crippen molar-refractivity contribution >= 4 is 17.2 Å². The zero-order valence-corrected chi connectivity index (χ0v) is 13.9. The van der Waals surface area contributed by atoms with Crippen molar-refractivity contribution in [2.24, 2.45) is 0 Å². The summed E-state index contributed by atoms with van der Waals surface area (Å²) in [5.41, 5.74) is -0.546. The largest absolute Gasteiger partial charge is 0.339 e. The highest BCUT2D eigenvalue weighted by Gasteiger charge is 2.43. The number of rotatable bonds is 4. The molecule has 0 radical (unpaired) electrons. The molecule has 0 atom stereocenters. The molecule has 118 valence electrons. The molecular formula is C16H22N4OS. The van der Waals surface area contributed by atoms with Crippen molar-refractivity contribution in [3.05, 3.63) is 40.3 Å². The van der Waals surface area contributed by atoms with E-state index in [1.807, 2.05) is 28.9 Å². The van der Waals surface area contributed by atoms with Crippen molar-refractivity contribution in [2.75, 3.05) is 20.1 Å². The van der Waals surface area contributed by atoms with E-state index in [1.165, 1.54) is 9.75 Å². The Morgan fingerprint density at radius 1 is 1.45 bits per heavy atom. The van der Waals surface area contributed by atoms with Gasteiger partial charge in [0.15, 0.2) is 0 Å².